The molecule has 0 radical (unpaired) electrons. The summed E-state index contributed by atoms with van der Waals surface area (Å²) >= 11 is 0. The van der Waals surface area contributed by atoms with E-state index in [1.54, 1.807) is 0 Å². The van der Waals surface area contributed by atoms with Crippen LogP contribution in [0.15, 0.2) is 85.5 Å². The molecule has 0 fully saturated rings. The second kappa shape index (κ2) is 9.91. The highest BCUT2D eigenvalue weighted by Gasteiger charge is 2.07. The summed E-state index contributed by atoms with van der Waals surface area (Å²) in [6, 6.07) is 22.5. The molecule has 0 atom stereocenters. The average molecular weight is 423 g/mol. The number of hydrogen-bond donors (Lipinski definition) is 0. The van der Waals surface area contributed by atoms with Crippen molar-refractivity contribution in [1.82, 2.24) is 0 Å². The van der Waals surface area contributed by atoms with Crippen LogP contribution in [0.5, 0.6) is 0 Å². The molecule has 0 saturated heterocycles. The molecule has 0 saturated carbocycles. The predicted molar refractivity (Wildman–Crippen MR) is 132 cm³/mol. The topological polar surface area (TPSA) is 7.76 Å². The minimum Gasteiger partial charge on any atom is -0.205 e. The maximum atomic E-state index is 2.29. The summed E-state index contributed by atoms with van der Waals surface area (Å²) in [6.45, 7) is 10.7. The molecule has 0 unspecified atom stereocenters. The van der Waals surface area contributed by atoms with Crippen LogP contribution in [0.3, 0.4) is 0 Å². The lowest BCUT2D eigenvalue weighted by Gasteiger charge is -2.05. The Kier molecular flexibility index (Phi) is 6.80. The van der Waals surface area contributed by atoms with Gasteiger partial charge in [-0.1, -0.05) is 58.7 Å². The Labute approximate surface area is 192 Å². The van der Waals surface area contributed by atoms with Crippen molar-refractivity contribution in [3.05, 3.63) is 119 Å². The quantitative estimate of drug-likeness (QED) is 0.340. The summed E-state index contributed by atoms with van der Waals surface area (Å²) in [7, 11) is 0. The fourth-order valence-electron chi connectivity index (χ4n) is 4.54. The van der Waals surface area contributed by atoms with E-state index in [-0.39, 0.29) is 0 Å². The van der Waals surface area contributed by atoms with Crippen molar-refractivity contribution < 1.29 is 9.13 Å². The zero-order valence-electron chi connectivity index (χ0n) is 19.8. The lowest BCUT2D eigenvalue weighted by Crippen LogP contribution is -2.34. The number of benzene rings is 2. The zero-order valence-corrected chi connectivity index (χ0v) is 19.8. The highest BCUT2D eigenvalue weighted by atomic mass is 14.9. The maximum absolute atomic E-state index is 2.29. The molecule has 2 aromatic carbocycles. The first-order valence-corrected chi connectivity index (χ1v) is 11.6. The Hall–Kier alpha value is -3.26. The molecule has 0 bridgehead atoms. The Balaban J connectivity index is 1.35. The van der Waals surface area contributed by atoms with Gasteiger partial charge in [0.2, 0.25) is 0 Å². The molecule has 0 aliphatic carbocycles. The lowest BCUT2D eigenvalue weighted by molar-refractivity contribution is -0.696. The first-order chi connectivity index (χ1) is 15.4. The smallest absolute Gasteiger partial charge is 0.169 e. The lowest BCUT2D eigenvalue weighted by atomic mass is 10.0. The van der Waals surface area contributed by atoms with Crippen molar-refractivity contribution in [2.75, 3.05) is 0 Å². The van der Waals surface area contributed by atoms with E-state index in [1.807, 2.05) is 0 Å². The normalized spacial score (nSPS) is 11.0. The van der Waals surface area contributed by atoms with Crippen LogP contribution in [0.25, 0.3) is 11.1 Å². The minimum atomic E-state index is 0.996. The van der Waals surface area contributed by atoms with Crippen LogP contribution in [0.2, 0.25) is 0 Å². The molecule has 0 amide bonds. The van der Waals surface area contributed by atoms with Gasteiger partial charge in [-0.2, -0.15) is 0 Å². The molecule has 0 aliphatic rings. The van der Waals surface area contributed by atoms with E-state index < -0.39 is 0 Å². The molecule has 162 valence electrons. The van der Waals surface area contributed by atoms with E-state index in [4.69, 9.17) is 0 Å². The summed E-state index contributed by atoms with van der Waals surface area (Å²) in [5, 5.41) is 0. The van der Waals surface area contributed by atoms with Crippen molar-refractivity contribution in [2.24, 2.45) is 0 Å². The fraction of sp³-hybridized carbons (Fsp3) is 0.267. The highest BCUT2D eigenvalue weighted by Crippen LogP contribution is 2.16. The van der Waals surface area contributed by atoms with Gasteiger partial charge in [0.1, 0.15) is 0 Å². The van der Waals surface area contributed by atoms with Crippen molar-refractivity contribution in [2.45, 2.75) is 53.6 Å². The molecule has 0 spiro atoms. The number of rotatable bonds is 7. The van der Waals surface area contributed by atoms with Gasteiger partial charge in [-0.3, -0.25) is 0 Å². The van der Waals surface area contributed by atoms with Crippen LogP contribution in [0, 0.1) is 27.7 Å². The summed E-state index contributed by atoms with van der Waals surface area (Å²) in [5.74, 6) is 0. The van der Waals surface area contributed by atoms with Gasteiger partial charge in [-0.15, -0.1) is 0 Å². The molecular weight excluding hydrogens is 388 g/mol. The summed E-state index contributed by atoms with van der Waals surface area (Å²) in [6.07, 6.45) is 10.9. The van der Waals surface area contributed by atoms with E-state index in [1.165, 1.54) is 44.5 Å². The van der Waals surface area contributed by atoms with Gasteiger partial charge < -0.3 is 0 Å². The number of hydrogen-bond acceptors (Lipinski definition) is 0. The van der Waals surface area contributed by atoms with Crippen molar-refractivity contribution in [3.8, 4) is 11.1 Å². The first kappa shape index (κ1) is 22.0. The third kappa shape index (κ3) is 5.91. The Bertz CT molecular complexity index is 1050. The number of aryl methyl sites for hydroxylation is 8. The van der Waals surface area contributed by atoms with Crippen molar-refractivity contribution in [1.29, 1.82) is 0 Å². The second-order valence-corrected chi connectivity index (χ2v) is 9.14. The Morgan fingerprint density at radius 2 is 0.781 bits per heavy atom. The van der Waals surface area contributed by atoms with Gasteiger partial charge in [0.05, 0.1) is 0 Å². The van der Waals surface area contributed by atoms with Crippen LogP contribution >= 0.6 is 0 Å². The van der Waals surface area contributed by atoms with Gasteiger partial charge in [0.25, 0.3) is 0 Å². The average Bonchev–Trinajstić information content (AvgIpc) is 2.76. The van der Waals surface area contributed by atoms with Gasteiger partial charge in [0.15, 0.2) is 37.9 Å². The fourth-order valence-corrected chi connectivity index (χ4v) is 4.54. The molecule has 4 aromatic rings. The molecule has 0 N–H and O–H groups in total. The molecular formula is C30H34N2+2. The minimum absolute atomic E-state index is 0.996. The van der Waals surface area contributed by atoms with E-state index in [0.717, 1.165) is 25.9 Å². The van der Waals surface area contributed by atoms with Crippen LogP contribution < -0.4 is 9.13 Å². The Morgan fingerprint density at radius 1 is 0.469 bits per heavy atom. The molecule has 4 rings (SSSR count). The number of nitrogens with zero attached hydrogens (tertiary/aromatic N) is 2. The van der Waals surface area contributed by atoms with Crippen LogP contribution in [0.4, 0.5) is 0 Å². The monoisotopic (exact) mass is 422 g/mol. The highest BCUT2D eigenvalue weighted by molar-refractivity contribution is 5.60. The third-order valence-corrected chi connectivity index (χ3v) is 6.00. The van der Waals surface area contributed by atoms with Crippen molar-refractivity contribution >= 4 is 0 Å². The SMILES string of the molecule is Cc1cc(C)cc(CC[n+]2ccc(-c3cc[n+](CCc4cc(C)cc(C)c4)cc3)cc2)c1. The third-order valence-electron chi connectivity index (χ3n) is 6.00. The van der Waals surface area contributed by atoms with E-state index in [2.05, 4.69) is 122 Å². The standard InChI is InChI=1S/C30H34N2/c1-23-17-24(2)20-27(19-23)5-11-31-13-7-29(8-14-31)30-9-15-32(16-10-30)12-6-28-21-25(3)18-26(4)22-28/h7-10,13-22H,5-6,11-12H2,1-4H3/q+2. The number of aromatic nitrogens is 2. The van der Waals surface area contributed by atoms with Gasteiger partial charge in [0, 0.05) is 37.1 Å². The van der Waals surface area contributed by atoms with E-state index in [9.17, 15) is 0 Å². The molecule has 2 aromatic heterocycles. The molecule has 2 heterocycles. The van der Waals surface area contributed by atoms with Crippen molar-refractivity contribution in [3.63, 3.8) is 0 Å². The summed E-state index contributed by atoms with van der Waals surface area (Å²) < 4.78 is 4.54. The van der Waals surface area contributed by atoms with Gasteiger partial charge in [-0.25, -0.2) is 9.13 Å². The molecule has 2 heteroatoms. The summed E-state index contributed by atoms with van der Waals surface area (Å²) in [4.78, 5) is 0. The van der Waals surface area contributed by atoms with Crippen LogP contribution in [0.1, 0.15) is 33.4 Å². The van der Waals surface area contributed by atoms with Crippen LogP contribution in [-0.4, -0.2) is 0 Å². The van der Waals surface area contributed by atoms with Crippen LogP contribution in [-0.2, 0) is 25.9 Å². The van der Waals surface area contributed by atoms with E-state index in [0.29, 0.717) is 0 Å². The second-order valence-electron chi connectivity index (χ2n) is 9.14. The molecule has 32 heavy (non-hydrogen) atoms. The predicted octanol–water partition coefficient (Wildman–Crippen LogP) is 5.65. The largest absolute Gasteiger partial charge is 0.205 e. The summed E-state index contributed by atoms with van der Waals surface area (Å²) in [5.41, 5.74) is 10.7. The van der Waals surface area contributed by atoms with E-state index >= 15 is 0 Å². The number of pyridine rings is 2. The Morgan fingerprint density at radius 3 is 1.09 bits per heavy atom. The first-order valence-electron chi connectivity index (χ1n) is 11.6. The zero-order chi connectivity index (χ0) is 22.5. The van der Waals surface area contributed by atoms with Gasteiger partial charge in [-0.05, 0) is 49.9 Å². The molecule has 2 nitrogen and oxygen atoms in total. The molecule has 0 aliphatic heterocycles. The van der Waals surface area contributed by atoms with Gasteiger partial charge >= 0.3 is 0 Å². The maximum Gasteiger partial charge on any atom is 0.169 e.